The molecule has 0 aliphatic carbocycles. The molecule has 0 fully saturated rings. The minimum atomic E-state index is -3.88. The van der Waals surface area contributed by atoms with Crippen molar-refractivity contribution in [1.82, 2.24) is 0 Å². The first-order valence-electron chi connectivity index (χ1n) is 9.90. The quantitative estimate of drug-likeness (QED) is 0.414. The van der Waals surface area contributed by atoms with E-state index in [0.29, 0.717) is 42.5 Å². The van der Waals surface area contributed by atoms with E-state index in [4.69, 9.17) is 9.47 Å². The molecule has 10 nitrogen and oxygen atoms in total. The molecule has 1 aliphatic rings. The second kappa shape index (κ2) is 9.17. The first-order valence-corrected chi connectivity index (χ1v) is 11.4. The third-order valence-electron chi connectivity index (χ3n) is 4.76. The molecule has 0 aromatic heterocycles. The number of benzene rings is 3. The molecular formula is C22H19N3O7S. The topological polar surface area (TPSA) is 137 Å². The fourth-order valence-corrected chi connectivity index (χ4v) is 4.16. The summed E-state index contributed by atoms with van der Waals surface area (Å²) < 4.78 is 39.1. The van der Waals surface area contributed by atoms with Gasteiger partial charge in [-0.15, -0.1) is 0 Å². The van der Waals surface area contributed by atoms with Gasteiger partial charge in [0, 0.05) is 41.6 Å². The van der Waals surface area contributed by atoms with E-state index in [9.17, 15) is 23.3 Å². The van der Waals surface area contributed by atoms with Crippen LogP contribution in [0.4, 0.5) is 17.1 Å². The minimum absolute atomic E-state index is 0.0299. The van der Waals surface area contributed by atoms with Crippen molar-refractivity contribution < 1.29 is 27.6 Å². The van der Waals surface area contributed by atoms with Crippen LogP contribution < -0.4 is 19.5 Å². The molecule has 1 aliphatic heterocycles. The zero-order valence-corrected chi connectivity index (χ0v) is 18.0. The van der Waals surface area contributed by atoms with Gasteiger partial charge in [0.2, 0.25) is 0 Å². The van der Waals surface area contributed by atoms with Gasteiger partial charge in [0.1, 0.15) is 0 Å². The SMILES string of the molecule is O=C(Nc1ccc(NS(=O)(=O)c2ccc3c(c2)OCCCO3)cc1)c1ccc([N+](=O)[O-])cc1. The number of amides is 1. The van der Waals surface area contributed by atoms with Crippen LogP contribution in [-0.4, -0.2) is 32.5 Å². The molecular weight excluding hydrogens is 450 g/mol. The number of anilines is 2. The van der Waals surface area contributed by atoms with Gasteiger partial charge in [0.15, 0.2) is 11.5 Å². The number of sulfonamides is 1. The Morgan fingerprint density at radius 3 is 2.18 bits per heavy atom. The summed E-state index contributed by atoms with van der Waals surface area (Å²) in [5.74, 6) is 0.421. The van der Waals surface area contributed by atoms with Crippen LogP contribution in [0.25, 0.3) is 0 Å². The van der Waals surface area contributed by atoms with Crippen molar-refractivity contribution in [3.8, 4) is 11.5 Å². The number of hydrogen-bond acceptors (Lipinski definition) is 7. The molecule has 33 heavy (non-hydrogen) atoms. The minimum Gasteiger partial charge on any atom is -0.490 e. The number of nitrogens with zero attached hydrogens (tertiary/aromatic N) is 1. The monoisotopic (exact) mass is 469 g/mol. The standard InChI is InChI=1S/C22H19N3O7S/c26-22(15-2-8-18(9-3-15)25(27)28)23-16-4-6-17(7-5-16)24-33(29,30)19-10-11-20-21(14-19)32-13-1-12-31-20/h2-11,14,24H,1,12-13H2,(H,23,26). The second-order valence-electron chi connectivity index (χ2n) is 7.10. The van der Waals surface area contributed by atoms with Crippen molar-refractivity contribution in [2.75, 3.05) is 23.3 Å². The highest BCUT2D eigenvalue weighted by Crippen LogP contribution is 2.32. The fraction of sp³-hybridized carbons (Fsp3) is 0.136. The Hall–Kier alpha value is -4.12. The third kappa shape index (κ3) is 5.21. The van der Waals surface area contributed by atoms with Gasteiger partial charge in [-0.2, -0.15) is 0 Å². The molecule has 0 saturated heterocycles. The Morgan fingerprint density at radius 2 is 1.52 bits per heavy atom. The number of fused-ring (bicyclic) bond motifs is 1. The third-order valence-corrected chi connectivity index (χ3v) is 6.14. The molecule has 0 unspecified atom stereocenters. The predicted molar refractivity (Wildman–Crippen MR) is 120 cm³/mol. The zero-order valence-electron chi connectivity index (χ0n) is 17.2. The molecule has 3 aromatic rings. The Morgan fingerprint density at radius 1 is 0.879 bits per heavy atom. The van der Waals surface area contributed by atoms with Crippen molar-refractivity contribution in [2.24, 2.45) is 0 Å². The first-order chi connectivity index (χ1) is 15.8. The Balaban J connectivity index is 1.43. The number of non-ortho nitro benzene ring substituents is 1. The number of hydrogen-bond donors (Lipinski definition) is 2. The Labute approximate surface area is 189 Å². The molecule has 0 saturated carbocycles. The lowest BCUT2D eigenvalue weighted by Crippen LogP contribution is -2.14. The molecule has 0 spiro atoms. The Bertz CT molecular complexity index is 1290. The van der Waals surface area contributed by atoms with E-state index in [2.05, 4.69) is 10.0 Å². The van der Waals surface area contributed by atoms with Gasteiger partial charge in [-0.05, 0) is 48.5 Å². The largest absolute Gasteiger partial charge is 0.490 e. The van der Waals surface area contributed by atoms with Crippen LogP contribution in [0.5, 0.6) is 11.5 Å². The van der Waals surface area contributed by atoms with Crippen molar-refractivity contribution in [1.29, 1.82) is 0 Å². The van der Waals surface area contributed by atoms with Gasteiger partial charge < -0.3 is 14.8 Å². The molecule has 1 amide bonds. The molecule has 1 heterocycles. The van der Waals surface area contributed by atoms with Gasteiger partial charge in [-0.25, -0.2) is 8.42 Å². The molecule has 0 atom stereocenters. The van der Waals surface area contributed by atoms with Gasteiger partial charge in [0.05, 0.1) is 23.0 Å². The highest BCUT2D eigenvalue weighted by Gasteiger charge is 2.19. The molecule has 4 rings (SSSR count). The number of carbonyl (C=O) groups excluding carboxylic acids is 1. The lowest BCUT2D eigenvalue weighted by Gasteiger charge is -2.12. The molecule has 3 aromatic carbocycles. The summed E-state index contributed by atoms with van der Waals surface area (Å²) in [6, 6.07) is 15.7. The first kappa shape index (κ1) is 22.1. The summed E-state index contributed by atoms with van der Waals surface area (Å²) >= 11 is 0. The average Bonchev–Trinajstić information content (AvgIpc) is 3.05. The van der Waals surface area contributed by atoms with E-state index in [1.54, 1.807) is 6.07 Å². The van der Waals surface area contributed by atoms with Crippen LogP contribution in [-0.2, 0) is 10.0 Å². The normalized spacial score (nSPS) is 13.0. The van der Waals surface area contributed by atoms with E-state index < -0.39 is 20.9 Å². The molecule has 2 N–H and O–H groups in total. The van der Waals surface area contributed by atoms with Gasteiger partial charge in [-0.3, -0.25) is 19.6 Å². The summed E-state index contributed by atoms with van der Waals surface area (Å²) in [4.78, 5) is 22.5. The van der Waals surface area contributed by atoms with E-state index in [-0.39, 0.29) is 16.1 Å². The lowest BCUT2D eigenvalue weighted by atomic mass is 10.2. The van der Waals surface area contributed by atoms with E-state index >= 15 is 0 Å². The summed E-state index contributed by atoms with van der Waals surface area (Å²) in [7, 11) is -3.88. The molecule has 0 radical (unpaired) electrons. The summed E-state index contributed by atoms with van der Waals surface area (Å²) in [6.07, 6.45) is 0.710. The lowest BCUT2D eigenvalue weighted by molar-refractivity contribution is -0.384. The zero-order chi connectivity index (χ0) is 23.4. The number of nitrogens with one attached hydrogen (secondary N) is 2. The molecule has 11 heteroatoms. The van der Waals surface area contributed by atoms with Gasteiger partial charge in [-0.1, -0.05) is 0 Å². The van der Waals surface area contributed by atoms with Crippen LogP contribution in [0.15, 0.2) is 71.6 Å². The maximum atomic E-state index is 12.8. The van der Waals surface area contributed by atoms with Crippen LogP contribution in [0, 0.1) is 10.1 Å². The number of rotatable bonds is 6. The van der Waals surface area contributed by atoms with Crippen molar-refractivity contribution in [3.05, 3.63) is 82.4 Å². The number of carbonyl (C=O) groups is 1. The van der Waals surface area contributed by atoms with E-state index in [1.165, 1.54) is 60.7 Å². The average molecular weight is 469 g/mol. The van der Waals surface area contributed by atoms with Crippen LogP contribution in [0.1, 0.15) is 16.8 Å². The maximum absolute atomic E-state index is 12.8. The van der Waals surface area contributed by atoms with E-state index in [0.717, 1.165) is 0 Å². The Kier molecular flexibility index (Phi) is 6.13. The van der Waals surface area contributed by atoms with Crippen molar-refractivity contribution in [3.63, 3.8) is 0 Å². The van der Waals surface area contributed by atoms with Gasteiger partial charge >= 0.3 is 0 Å². The second-order valence-corrected chi connectivity index (χ2v) is 8.78. The summed E-state index contributed by atoms with van der Waals surface area (Å²) in [6.45, 7) is 0.946. The highest BCUT2D eigenvalue weighted by molar-refractivity contribution is 7.92. The van der Waals surface area contributed by atoms with Crippen LogP contribution >= 0.6 is 0 Å². The van der Waals surface area contributed by atoms with E-state index in [1.807, 2.05) is 0 Å². The predicted octanol–water partition coefficient (Wildman–Crippen LogP) is 3.81. The van der Waals surface area contributed by atoms with Crippen LogP contribution in [0.3, 0.4) is 0 Å². The fourth-order valence-electron chi connectivity index (χ4n) is 3.08. The summed E-state index contributed by atoms with van der Waals surface area (Å²) in [5, 5.41) is 13.4. The number of nitro benzene ring substituents is 1. The van der Waals surface area contributed by atoms with Gasteiger partial charge in [0.25, 0.3) is 21.6 Å². The molecule has 170 valence electrons. The smallest absolute Gasteiger partial charge is 0.269 e. The maximum Gasteiger partial charge on any atom is 0.269 e. The highest BCUT2D eigenvalue weighted by atomic mass is 32.2. The van der Waals surface area contributed by atoms with Crippen molar-refractivity contribution >= 4 is 33.0 Å². The van der Waals surface area contributed by atoms with Crippen LogP contribution in [0.2, 0.25) is 0 Å². The van der Waals surface area contributed by atoms with Crippen molar-refractivity contribution in [2.45, 2.75) is 11.3 Å². The number of ether oxygens (including phenoxy) is 2. The molecule has 0 bridgehead atoms. The number of nitro groups is 1. The summed E-state index contributed by atoms with van der Waals surface area (Å²) in [5.41, 5.74) is 0.865.